The lowest BCUT2D eigenvalue weighted by Crippen LogP contribution is -2.38. The zero-order valence-electron chi connectivity index (χ0n) is 18.3. The van der Waals surface area contributed by atoms with Crippen LogP contribution in [0, 0.1) is 0 Å². The molecule has 0 atom stereocenters. The van der Waals surface area contributed by atoms with Crippen LogP contribution in [0.3, 0.4) is 0 Å². The van der Waals surface area contributed by atoms with E-state index in [2.05, 4.69) is 20.6 Å². The minimum atomic E-state index is -0.405. The third-order valence-electron chi connectivity index (χ3n) is 5.16. The summed E-state index contributed by atoms with van der Waals surface area (Å²) in [4.78, 5) is 29.4. The van der Waals surface area contributed by atoms with Gasteiger partial charge in [-0.1, -0.05) is 17.3 Å². The molecule has 0 fully saturated rings. The highest BCUT2D eigenvalue weighted by Crippen LogP contribution is 2.35. The van der Waals surface area contributed by atoms with Gasteiger partial charge in [-0.3, -0.25) is 9.59 Å². The number of carbonyl (C=O) groups excluding carboxylic acids is 2. The number of para-hydroxylation sites is 2. The van der Waals surface area contributed by atoms with E-state index in [0.717, 1.165) is 5.01 Å². The zero-order chi connectivity index (χ0) is 23.5. The Morgan fingerprint density at radius 2 is 2.00 bits per heavy atom. The molecule has 0 saturated heterocycles. The first-order valence-electron chi connectivity index (χ1n) is 10.7. The van der Waals surface area contributed by atoms with E-state index in [1.54, 1.807) is 36.4 Å². The van der Waals surface area contributed by atoms with Crippen LogP contribution in [0.5, 0.6) is 17.2 Å². The number of carbonyl (C=O) groups is 2. The number of amides is 2. The minimum Gasteiger partial charge on any atom is -0.492 e. The van der Waals surface area contributed by atoms with E-state index in [4.69, 9.17) is 18.7 Å². The normalized spacial score (nSPS) is 14.7. The number of nitrogens with one attached hydrogen (secondary N) is 1. The van der Waals surface area contributed by atoms with Crippen molar-refractivity contribution in [2.24, 2.45) is 5.10 Å². The fourth-order valence-electron chi connectivity index (χ4n) is 3.55. The lowest BCUT2D eigenvalue weighted by atomic mass is 10.1. The molecule has 0 saturated carbocycles. The van der Waals surface area contributed by atoms with E-state index in [1.165, 1.54) is 0 Å². The van der Waals surface area contributed by atoms with Crippen LogP contribution in [-0.2, 0) is 9.59 Å². The Morgan fingerprint density at radius 3 is 2.88 bits per heavy atom. The van der Waals surface area contributed by atoms with E-state index in [9.17, 15) is 9.59 Å². The topological polar surface area (TPSA) is 128 Å². The van der Waals surface area contributed by atoms with E-state index in [-0.39, 0.29) is 31.6 Å². The molecule has 0 unspecified atom stereocenters. The summed E-state index contributed by atoms with van der Waals surface area (Å²) < 4.78 is 21.6. The van der Waals surface area contributed by atoms with Crippen molar-refractivity contribution in [3.63, 3.8) is 0 Å². The molecule has 3 heterocycles. The summed E-state index contributed by atoms with van der Waals surface area (Å²) in [5.41, 5.74) is 1.64. The van der Waals surface area contributed by atoms with Crippen LogP contribution in [0.15, 0.2) is 52.1 Å². The fraction of sp³-hybridized carbons (Fsp3) is 0.261. The first-order chi connectivity index (χ1) is 16.6. The lowest BCUT2D eigenvalue weighted by Gasteiger charge is -2.22. The number of hydrogen-bond acceptors (Lipinski definition) is 9. The molecule has 11 nitrogen and oxygen atoms in total. The van der Waals surface area contributed by atoms with Gasteiger partial charge in [0.25, 0.3) is 5.89 Å². The molecule has 34 heavy (non-hydrogen) atoms. The van der Waals surface area contributed by atoms with Gasteiger partial charge in [-0.15, -0.1) is 0 Å². The summed E-state index contributed by atoms with van der Waals surface area (Å²) in [5.74, 6) is 1.67. The standard InChI is InChI=1S/C23H21N5O6/c1-2-31-17-6-4-3-5-15(17)24-20(29)12-28-21(30)10-8-16(26-28)23-25-22(27-34-23)14-7-9-18-19(11-14)33-13-32-18/h3-7,9,11H,2,8,10,12-13H2,1H3,(H,24,29). The third kappa shape index (κ3) is 4.40. The number of aromatic nitrogens is 2. The van der Waals surface area contributed by atoms with Crippen molar-refractivity contribution in [2.45, 2.75) is 19.8 Å². The van der Waals surface area contributed by atoms with Gasteiger partial charge >= 0.3 is 0 Å². The summed E-state index contributed by atoms with van der Waals surface area (Å²) >= 11 is 0. The number of rotatable bonds is 7. The Kier molecular flexibility index (Phi) is 5.81. The summed E-state index contributed by atoms with van der Waals surface area (Å²) in [7, 11) is 0. The summed E-state index contributed by atoms with van der Waals surface area (Å²) in [6.07, 6.45) is 0.496. The highest BCUT2D eigenvalue weighted by Gasteiger charge is 2.27. The van der Waals surface area contributed by atoms with Gasteiger partial charge in [-0.05, 0) is 37.3 Å². The second-order valence-corrected chi connectivity index (χ2v) is 7.47. The van der Waals surface area contributed by atoms with Crippen molar-refractivity contribution in [2.75, 3.05) is 25.3 Å². The van der Waals surface area contributed by atoms with Crippen LogP contribution >= 0.6 is 0 Å². The zero-order valence-corrected chi connectivity index (χ0v) is 18.3. The molecule has 0 radical (unpaired) electrons. The average molecular weight is 463 g/mol. The number of benzene rings is 2. The molecule has 11 heteroatoms. The maximum absolute atomic E-state index is 12.6. The number of anilines is 1. The highest BCUT2D eigenvalue weighted by atomic mass is 16.7. The molecule has 2 aliphatic rings. The molecule has 3 aromatic rings. The Balaban J connectivity index is 1.30. The Labute approximate surface area is 194 Å². The van der Waals surface area contributed by atoms with E-state index in [0.29, 0.717) is 53.1 Å². The summed E-state index contributed by atoms with van der Waals surface area (Å²) in [6, 6.07) is 12.4. The van der Waals surface area contributed by atoms with Gasteiger partial charge in [-0.25, -0.2) is 5.01 Å². The Bertz CT molecular complexity index is 1270. The second kappa shape index (κ2) is 9.22. The van der Waals surface area contributed by atoms with Gasteiger partial charge in [0.1, 0.15) is 18.0 Å². The number of ether oxygens (including phenoxy) is 3. The predicted octanol–water partition coefficient (Wildman–Crippen LogP) is 2.83. The molecule has 2 amide bonds. The Morgan fingerprint density at radius 1 is 1.15 bits per heavy atom. The predicted molar refractivity (Wildman–Crippen MR) is 120 cm³/mol. The molecule has 1 aromatic heterocycles. The van der Waals surface area contributed by atoms with Gasteiger partial charge in [0.15, 0.2) is 11.5 Å². The molecule has 1 N–H and O–H groups in total. The van der Waals surface area contributed by atoms with Crippen molar-refractivity contribution in [1.29, 1.82) is 0 Å². The number of hydrazone groups is 1. The molecule has 0 bridgehead atoms. The fourth-order valence-corrected chi connectivity index (χ4v) is 3.55. The largest absolute Gasteiger partial charge is 0.492 e. The number of nitrogens with zero attached hydrogens (tertiary/aromatic N) is 4. The first-order valence-corrected chi connectivity index (χ1v) is 10.7. The van der Waals surface area contributed by atoms with Crippen molar-refractivity contribution >= 4 is 23.2 Å². The SMILES string of the molecule is CCOc1ccccc1NC(=O)CN1N=C(c2nc(-c3ccc4c(c3)OCO4)no2)CCC1=O. The summed E-state index contributed by atoms with van der Waals surface area (Å²) in [6.45, 7) is 2.23. The van der Waals surface area contributed by atoms with Crippen LogP contribution in [0.2, 0.25) is 0 Å². The van der Waals surface area contributed by atoms with Crippen molar-refractivity contribution in [3.05, 3.63) is 48.4 Å². The highest BCUT2D eigenvalue weighted by molar-refractivity contribution is 6.02. The molecule has 2 aliphatic heterocycles. The smallest absolute Gasteiger partial charge is 0.274 e. The van der Waals surface area contributed by atoms with Crippen molar-refractivity contribution in [3.8, 4) is 28.6 Å². The van der Waals surface area contributed by atoms with Gasteiger partial charge < -0.3 is 24.1 Å². The van der Waals surface area contributed by atoms with Crippen LogP contribution < -0.4 is 19.5 Å². The number of hydrogen-bond donors (Lipinski definition) is 1. The molecule has 5 rings (SSSR count). The van der Waals surface area contributed by atoms with E-state index in [1.807, 2.05) is 13.0 Å². The van der Waals surface area contributed by atoms with Crippen molar-refractivity contribution < 1.29 is 28.3 Å². The molecule has 2 aromatic carbocycles. The van der Waals surface area contributed by atoms with Gasteiger partial charge in [0, 0.05) is 18.4 Å². The first kappa shape index (κ1) is 21.4. The third-order valence-corrected chi connectivity index (χ3v) is 5.16. The van der Waals surface area contributed by atoms with Gasteiger partial charge in [0.2, 0.25) is 24.4 Å². The Hall–Kier alpha value is -4.41. The molecule has 0 aliphatic carbocycles. The molecule has 0 spiro atoms. The van der Waals surface area contributed by atoms with E-state index >= 15 is 0 Å². The molecular formula is C23H21N5O6. The molecular weight excluding hydrogens is 442 g/mol. The lowest BCUT2D eigenvalue weighted by molar-refractivity contribution is -0.135. The monoisotopic (exact) mass is 463 g/mol. The van der Waals surface area contributed by atoms with Gasteiger partial charge in [-0.2, -0.15) is 10.1 Å². The minimum absolute atomic E-state index is 0.168. The van der Waals surface area contributed by atoms with Crippen LogP contribution in [0.4, 0.5) is 5.69 Å². The van der Waals surface area contributed by atoms with E-state index < -0.39 is 5.91 Å². The van der Waals surface area contributed by atoms with Crippen molar-refractivity contribution in [1.82, 2.24) is 15.1 Å². The molecule has 174 valence electrons. The van der Waals surface area contributed by atoms with Crippen LogP contribution in [0.25, 0.3) is 11.4 Å². The second-order valence-electron chi connectivity index (χ2n) is 7.47. The van der Waals surface area contributed by atoms with Gasteiger partial charge in [0.05, 0.1) is 12.3 Å². The number of fused-ring (bicyclic) bond motifs is 1. The average Bonchev–Trinajstić information content (AvgIpc) is 3.51. The summed E-state index contributed by atoms with van der Waals surface area (Å²) in [5, 5.41) is 12.2. The maximum Gasteiger partial charge on any atom is 0.274 e. The maximum atomic E-state index is 12.6. The quantitative estimate of drug-likeness (QED) is 0.566. The van der Waals surface area contributed by atoms with Crippen LogP contribution in [0.1, 0.15) is 25.7 Å². The van der Waals surface area contributed by atoms with Crippen LogP contribution in [-0.4, -0.2) is 52.6 Å².